The number of hydrogen-bond acceptors (Lipinski definition) is 3. The molecular weight excluding hydrogens is 246 g/mol. The van der Waals surface area contributed by atoms with Crippen LogP contribution in [0.25, 0.3) is 0 Å². The Hall–Kier alpha value is -1.09. The van der Waals surface area contributed by atoms with Crippen molar-refractivity contribution < 1.29 is 0 Å². The van der Waals surface area contributed by atoms with Gasteiger partial charge in [-0.25, -0.2) is 4.98 Å². The molecule has 1 N–H and O–H groups in total. The molecule has 1 aliphatic heterocycles. The molecule has 2 heterocycles. The van der Waals surface area contributed by atoms with Gasteiger partial charge in [0.1, 0.15) is 5.82 Å². The normalized spacial score (nSPS) is 19.1. The van der Waals surface area contributed by atoms with E-state index in [-0.39, 0.29) is 0 Å². The second kappa shape index (κ2) is 7.07. The topological polar surface area (TPSA) is 28.2 Å². The molecule has 112 valence electrons. The molecule has 1 fully saturated rings. The molecule has 0 bridgehead atoms. The molecule has 0 radical (unpaired) electrons. The quantitative estimate of drug-likeness (QED) is 0.860. The zero-order chi connectivity index (χ0) is 14.5. The molecule has 0 aliphatic carbocycles. The predicted molar refractivity (Wildman–Crippen MR) is 86.3 cm³/mol. The maximum Gasteiger partial charge on any atom is 0.129 e. The van der Waals surface area contributed by atoms with E-state index in [1.807, 2.05) is 0 Å². The van der Waals surface area contributed by atoms with Crippen LogP contribution < -0.4 is 10.2 Å². The second-order valence-corrected chi connectivity index (χ2v) is 6.20. The molecule has 0 spiro atoms. The summed E-state index contributed by atoms with van der Waals surface area (Å²) in [5.41, 5.74) is 2.58. The zero-order valence-electron chi connectivity index (χ0n) is 13.4. The summed E-state index contributed by atoms with van der Waals surface area (Å²) < 4.78 is 0. The summed E-state index contributed by atoms with van der Waals surface area (Å²) in [6.45, 7) is 13.2. The van der Waals surface area contributed by atoms with Crippen LogP contribution in [0.2, 0.25) is 0 Å². The van der Waals surface area contributed by atoms with Crippen molar-refractivity contribution >= 4 is 5.82 Å². The van der Waals surface area contributed by atoms with Crippen LogP contribution in [0, 0.1) is 5.92 Å². The maximum absolute atomic E-state index is 4.89. The van der Waals surface area contributed by atoms with Crippen molar-refractivity contribution in [1.29, 1.82) is 0 Å². The lowest BCUT2D eigenvalue weighted by atomic mass is 10.1. The predicted octanol–water partition coefficient (Wildman–Crippen LogP) is 3.55. The van der Waals surface area contributed by atoms with Gasteiger partial charge in [-0.2, -0.15) is 0 Å². The average molecular weight is 275 g/mol. The Labute approximate surface area is 123 Å². The number of pyridine rings is 1. The van der Waals surface area contributed by atoms with Gasteiger partial charge in [0.25, 0.3) is 0 Å². The van der Waals surface area contributed by atoms with Crippen LogP contribution in [0.3, 0.4) is 0 Å². The first kappa shape index (κ1) is 15.3. The molecule has 1 aliphatic rings. The Morgan fingerprint density at radius 3 is 2.75 bits per heavy atom. The van der Waals surface area contributed by atoms with Crippen molar-refractivity contribution in [3.05, 3.63) is 23.4 Å². The SMILES string of the molecule is CCNCc1cc(C(C)C)nc(N2CCC(CC)C2)c1. The Balaban J connectivity index is 2.20. The number of aromatic nitrogens is 1. The van der Waals surface area contributed by atoms with E-state index in [0.29, 0.717) is 5.92 Å². The van der Waals surface area contributed by atoms with Gasteiger partial charge in [-0.1, -0.05) is 34.1 Å². The molecule has 0 saturated carbocycles. The van der Waals surface area contributed by atoms with Crippen LogP contribution in [0.5, 0.6) is 0 Å². The highest BCUT2D eigenvalue weighted by Crippen LogP contribution is 2.26. The summed E-state index contributed by atoms with van der Waals surface area (Å²) in [5.74, 6) is 2.51. The molecule has 1 unspecified atom stereocenters. The summed E-state index contributed by atoms with van der Waals surface area (Å²) in [4.78, 5) is 7.36. The third kappa shape index (κ3) is 3.72. The third-order valence-electron chi connectivity index (χ3n) is 4.25. The molecule has 3 nitrogen and oxygen atoms in total. The Bertz CT molecular complexity index is 428. The van der Waals surface area contributed by atoms with Crippen LogP contribution in [-0.4, -0.2) is 24.6 Å². The van der Waals surface area contributed by atoms with Gasteiger partial charge in [0.05, 0.1) is 0 Å². The van der Waals surface area contributed by atoms with Gasteiger partial charge in [-0.15, -0.1) is 0 Å². The minimum Gasteiger partial charge on any atom is -0.356 e. The van der Waals surface area contributed by atoms with Crippen molar-refractivity contribution in [2.24, 2.45) is 5.92 Å². The molecule has 1 aromatic rings. The molecule has 1 saturated heterocycles. The molecule has 1 atom stereocenters. The highest BCUT2D eigenvalue weighted by Gasteiger charge is 2.22. The molecule has 2 rings (SSSR count). The largest absolute Gasteiger partial charge is 0.356 e. The van der Waals surface area contributed by atoms with E-state index >= 15 is 0 Å². The van der Waals surface area contributed by atoms with Crippen LogP contribution in [0.15, 0.2) is 12.1 Å². The molecule has 20 heavy (non-hydrogen) atoms. The monoisotopic (exact) mass is 275 g/mol. The van der Waals surface area contributed by atoms with Gasteiger partial charge >= 0.3 is 0 Å². The van der Waals surface area contributed by atoms with E-state index in [9.17, 15) is 0 Å². The third-order valence-corrected chi connectivity index (χ3v) is 4.25. The number of nitrogens with zero attached hydrogens (tertiary/aromatic N) is 2. The van der Waals surface area contributed by atoms with E-state index in [1.165, 1.54) is 36.5 Å². The first-order chi connectivity index (χ1) is 9.63. The van der Waals surface area contributed by atoms with E-state index in [2.05, 4.69) is 50.0 Å². The Morgan fingerprint density at radius 1 is 1.35 bits per heavy atom. The number of rotatable bonds is 6. The summed E-state index contributed by atoms with van der Waals surface area (Å²) in [7, 11) is 0. The molecule has 1 aromatic heterocycles. The molecule has 0 amide bonds. The first-order valence-corrected chi connectivity index (χ1v) is 8.10. The molecular formula is C17H29N3. The summed E-state index contributed by atoms with van der Waals surface area (Å²) in [6, 6.07) is 4.52. The second-order valence-electron chi connectivity index (χ2n) is 6.20. The van der Waals surface area contributed by atoms with Crippen molar-refractivity contribution in [2.75, 3.05) is 24.5 Å². The van der Waals surface area contributed by atoms with Crippen molar-refractivity contribution in [2.45, 2.75) is 53.0 Å². The van der Waals surface area contributed by atoms with Crippen LogP contribution in [0.4, 0.5) is 5.82 Å². The fourth-order valence-electron chi connectivity index (χ4n) is 2.80. The lowest BCUT2D eigenvalue weighted by Gasteiger charge is -2.20. The van der Waals surface area contributed by atoms with Crippen LogP contribution in [-0.2, 0) is 6.54 Å². The molecule has 3 heteroatoms. The summed E-state index contributed by atoms with van der Waals surface area (Å²) in [6.07, 6.45) is 2.59. The lowest BCUT2D eigenvalue weighted by Crippen LogP contribution is -2.22. The fraction of sp³-hybridized carbons (Fsp3) is 0.706. The van der Waals surface area contributed by atoms with Gasteiger partial charge in [0.15, 0.2) is 0 Å². The van der Waals surface area contributed by atoms with Gasteiger partial charge < -0.3 is 10.2 Å². The highest BCUT2D eigenvalue weighted by atomic mass is 15.2. The maximum atomic E-state index is 4.89. The van der Waals surface area contributed by atoms with E-state index in [0.717, 1.165) is 25.6 Å². The smallest absolute Gasteiger partial charge is 0.129 e. The van der Waals surface area contributed by atoms with Crippen molar-refractivity contribution in [3.63, 3.8) is 0 Å². The standard InChI is InChI=1S/C17H29N3/c1-5-14-7-8-20(12-14)17-10-15(11-18-6-2)9-16(19-17)13(3)4/h9-10,13-14,18H,5-8,11-12H2,1-4H3. The van der Waals surface area contributed by atoms with Gasteiger partial charge in [-0.3, -0.25) is 0 Å². The Morgan fingerprint density at radius 2 is 2.15 bits per heavy atom. The van der Waals surface area contributed by atoms with Crippen molar-refractivity contribution in [1.82, 2.24) is 10.3 Å². The minimum absolute atomic E-state index is 0.486. The first-order valence-electron chi connectivity index (χ1n) is 8.10. The Kier molecular flexibility index (Phi) is 5.41. The van der Waals surface area contributed by atoms with Gasteiger partial charge in [0.2, 0.25) is 0 Å². The fourth-order valence-corrected chi connectivity index (χ4v) is 2.80. The van der Waals surface area contributed by atoms with Crippen LogP contribution >= 0.6 is 0 Å². The van der Waals surface area contributed by atoms with Gasteiger partial charge in [-0.05, 0) is 42.5 Å². The molecule has 0 aromatic carbocycles. The van der Waals surface area contributed by atoms with E-state index in [4.69, 9.17) is 4.98 Å². The van der Waals surface area contributed by atoms with Crippen LogP contribution in [0.1, 0.15) is 57.7 Å². The summed E-state index contributed by atoms with van der Waals surface area (Å²) in [5, 5.41) is 3.42. The average Bonchev–Trinajstić information content (AvgIpc) is 2.93. The minimum atomic E-state index is 0.486. The number of anilines is 1. The van der Waals surface area contributed by atoms with E-state index in [1.54, 1.807) is 0 Å². The lowest BCUT2D eigenvalue weighted by molar-refractivity contribution is 0.568. The number of nitrogens with one attached hydrogen (secondary N) is 1. The van der Waals surface area contributed by atoms with Crippen molar-refractivity contribution in [3.8, 4) is 0 Å². The number of hydrogen-bond donors (Lipinski definition) is 1. The summed E-state index contributed by atoms with van der Waals surface area (Å²) >= 11 is 0. The van der Waals surface area contributed by atoms with E-state index < -0.39 is 0 Å². The zero-order valence-corrected chi connectivity index (χ0v) is 13.4. The van der Waals surface area contributed by atoms with Gasteiger partial charge in [0, 0.05) is 25.3 Å². The highest BCUT2D eigenvalue weighted by molar-refractivity contribution is 5.44.